The molecule has 0 fully saturated rings. The van der Waals surface area contributed by atoms with Gasteiger partial charge in [0.2, 0.25) is 0 Å². The maximum absolute atomic E-state index is 13.8. The largest absolute Gasteiger partial charge is 0.271 e. The Kier molecular flexibility index (Phi) is 4.47. The first kappa shape index (κ1) is 13.9. The number of hydrogen-bond acceptors (Lipinski definition) is 3. The van der Waals surface area contributed by atoms with Crippen molar-refractivity contribution < 1.29 is 4.39 Å². The van der Waals surface area contributed by atoms with Crippen molar-refractivity contribution in [3.8, 4) is 0 Å². The van der Waals surface area contributed by atoms with Gasteiger partial charge >= 0.3 is 0 Å². The van der Waals surface area contributed by atoms with Crippen molar-refractivity contribution in [3.63, 3.8) is 0 Å². The third-order valence-electron chi connectivity index (χ3n) is 3.08. The highest BCUT2D eigenvalue weighted by Crippen LogP contribution is 2.23. The summed E-state index contributed by atoms with van der Waals surface area (Å²) >= 11 is 5.74. The zero-order valence-electron chi connectivity index (χ0n) is 10.5. The van der Waals surface area contributed by atoms with Crippen LogP contribution in [0.4, 0.5) is 4.39 Å². The molecule has 2 aromatic rings. The number of aryl methyl sites for hydroxylation is 1. The van der Waals surface area contributed by atoms with Crippen molar-refractivity contribution >= 4 is 11.6 Å². The van der Waals surface area contributed by atoms with E-state index in [1.165, 1.54) is 6.07 Å². The van der Waals surface area contributed by atoms with E-state index in [1.54, 1.807) is 24.5 Å². The summed E-state index contributed by atoms with van der Waals surface area (Å²) in [7, 11) is 0. The van der Waals surface area contributed by atoms with Crippen molar-refractivity contribution in [1.29, 1.82) is 0 Å². The summed E-state index contributed by atoms with van der Waals surface area (Å²) in [6.45, 7) is 1.95. The quantitative estimate of drug-likeness (QED) is 0.668. The van der Waals surface area contributed by atoms with Gasteiger partial charge in [-0.25, -0.2) is 4.39 Å². The average Bonchev–Trinajstić information content (AvgIpc) is 2.39. The van der Waals surface area contributed by atoms with Crippen LogP contribution >= 0.6 is 11.6 Å². The minimum absolute atomic E-state index is 0.168. The topological polar surface area (TPSA) is 50.9 Å². The van der Waals surface area contributed by atoms with Crippen LogP contribution in [0.15, 0.2) is 36.7 Å². The van der Waals surface area contributed by atoms with Gasteiger partial charge < -0.3 is 0 Å². The molecule has 0 bridgehead atoms. The predicted molar refractivity (Wildman–Crippen MR) is 74.2 cm³/mol. The van der Waals surface area contributed by atoms with Crippen LogP contribution in [0.2, 0.25) is 5.02 Å². The highest BCUT2D eigenvalue weighted by atomic mass is 35.5. The Balaban J connectivity index is 2.27. The summed E-state index contributed by atoms with van der Waals surface area (Å²) in [6, 6.07) is 6.38. The Hall–Kier alpha value is -1.49. The van der Waals surface area contributed by atoms with E-state index in [9.17, 15) is 4.39 Å². The number of halogens is 2. The van der Waals surface area contributed by atoms with Gasteiger partial charge in [0.25, 0.3) is 0 Å². The van der Waals surface area contributed by atoms with Crippen LogP contribution in [0.5, 0.6) is 0 Å². The summed E-state index contributed by atoms with van der Waals surface area (Å²) in [5.74, 6) is 5.26. The van der Waals surface area contributed by atoms with Crippen LogP contribution in [0.1, 0.15) is 22.7 Å². The van der Waals surface area contributed by atoms with Crippen molar-refractivity contribution in [2.24, 2.45) is 5.84 Å². The molecule has 3 nitrogen and oxygen atoms in total. The van der Waals surface area contributed by atoms with Crippen LogP contribution in [-0.2, 0) is 6.42 Å². The summed E-state index contributed by atoms with van der Waals surface area (Å²) < 4.78 is 13.8. The molecular formula is C14H15ClFN3. The number of benzene rings is 1. The summed E-state index contributed by atoms with van der Waals surface area (Å²) in [5, 5.41) is 0.388. The van der Waals surface area contributed by atoms with Crippen LogP contribution in [-0.4, -0.2) is 4.98 Å². The lowest BCUT2D eigenvalue weighted by atomic mass is 9.97. The zero-order chi connectivity index (χ0) is 13.8. The SMILES string of the molecule is Cc1cnccc1C(Cc1ccc(Cl)cc1F)NN. The van der Waals surface area contributed by atoms with Gasteiger partial charge in [-0.05, 0) is 48.2 Å². The first-order valence-corrected chi connectivity index (χ1v) is 6.30. The fraction of sp³-hybridized carbons (Fsp3) is 0.214. The number of nitrogens with zero attached hydrogens (tertiary/aromatic N) is 1. The lowest BCUT2D eigenvalue weighted by Gasteiger charge is -2.18. The Morgan fingerprint density at radius 3 is 2.84 bits per heavy atom. The molecule has 0 saturated heterocycles. The fourth-order valence-corrected chi connectivity index (χ4v) is 2.20. The molecule has 2 rings (SSSR count). The van der Waals surface area contributed by atoms with Crippen molar-refractivity contribution in [1.82, 2.24) is 10.4 Å². The van der Waals surface area contributed by atoms with Gasteiger partial charge in [0.1, 0.15) is 5.82 Å². The Bertz CT molecular complexity index is 574. The van der Waals surface area contributed by atoms with E-state index in [4.69, 9.17) is 17.4 Å². The van der Waals surface area contributed by atoms with Crippen molar-refractivity contribution in [3.05, 3.63) is 64.2 Å². The molecule has 0 saturated carbocycles. The summed E-state index contributed by atoms with van der Waals surface area (Å²) in [5.41, 5.74) is 5.31. The molecule has 0 aliphatic heterocycles. The predicted octanol–water partition coefficient (Wildman–Crippen LogP) is 2.93. The van der Waals surface area contributed by atoms with Crippen molar-refractivity contribution in [2.45, 2.75) is 19.4 Å². The van der Waals surface area contributed by atoms with E-state index < -0.39 is 0 Å². The number of hydrazine groups is 1. The lowest BCUT2D eigenvalue weighted by Crippen LogP contribution is -2.30. The van der Waals surface area contributed by atoms with E-state index >= 15 is 0 Å². The number of nitrogens with one attached hydrogen (secondary N) is 1. The second kappa shape index (κ2) is 6.10. The highest BCUT2D eigenvalue weighted by molar-refractivity contribution is 6.30. The third kappa shape index (κ3) is 3.29. The number of pyridine rings is 1. The van der Waals surface area contributed by atoms with E-state index in [1.807, 2.05) is 13.0 Å². The van der Waals surface area contributed by atoms with Crippen LogP contribution in [0, 0.1) is 12.7 Å². The standard InChI is InChI=1S/C14H15ClFN3/c1-9-8-18-5-4-12(9)14(19-17)6-10-2-3-11(15)7-13(10)16/h2-5,7-8,14,19H,6,17H2,1H3. The van der Waals surface area contributed by atoms with Gasteiger partial charge in [0, 0.05) is 17.4 Å². The molecule has 0 radical (unpaired) electrons. The molecule has 0 aliphatic rings. The van der Waals surface area contributed by atoms with E-state index in [-0.39, 0.29) is 11.9 Å². The molecule has 1 atom stereocenters. The smallest absolute Gasteiger partial charge is 0.127 e. The Morgan fingerprint density at radius 1 is 1.42 bits per heavy atom. The number of hydrogen-bond donors (Lipinski definition) is 2. The molecule has 0 amide bonds. The second-order valence-corrected chi connectivity index (χ2v) is 4.83. The minimum Gasteiger partial charge on any atom is -0.271 e. The molecule has 100 valence electrons. The normalized spacial score (nSPS) is 12.4. The molecule has 1 heterocycles. The van der Waals surface area contributed by atoms with Gasteiger partial charge in [0.05, 0.1) is 6.04 Å². The number of rotatable bonds is 4. The molecule has 5 heteroatoms. The Morgan fingerprint density at radius 2 is 2.21 bits per heavy atom. The average molecular weight is 280 g/mol. The number of nitrogens with two attached hydrogens (primary N) is 1. The van der Waals surface area contributed by atoms with E-state index in [0.29, 0.717) is 17.0 Å². The monoisotopic (exact) mass is 279 g/mol. The van der Waals surface area contributed by atoms with Gasteiger partial charge in [-0.3, -0.25) is 16.3 Å². The van der Waals surface area contributed by atoms with Gasteiger partial charge in [0.15, 0.2) is 0 Å². The van der Waals surface area contributed by atoms with Crippen LogP contribution in [0.25, 0.3) is 0 Å². The van der Waals surface area contributed by atoms with Crippen molar-refractivity contribution in [2.75, 3.05) is 0 Å². The zero-order valence-corrected chi connectivity index (χ0v) is 11.3. The molecule has 1 unspecified atom stereocenters. The number of aromatic nitrogens is 1. The van der Waals surface area contributed by atoms with E-state index in [0.717, 1.165) is 11.1 Å². The summed E-state index contributed by atoms with van der Waals surface area (Å²) in [6.07, 6.45) is 3.91. The molecule has 0 aliphatic carbocycles. The van der Waals surface area contributed by atoms with E-state index in [2.05, 4.69) is 10.4 Å². The lowest BCUT2D eigenvalue weighted by molar-refractivity contribution is 0.527. The second-order valence-electron chi connectivity index (χ2n) is 4.39. The van der Waals surface area contributed by atoms with Gasteiger partial charge in [-0.1, -0.05) is 17.7 Å². The molecule has 0 spiro atoms. The van der Waals surface area contributed by atoms with Gasteiger partial charge in [-0.2, -0.15) is 0 Å². The molecular weight excluding hydrogens is 265 g/mol. The molecule has 1 aromatic heterocycles. The third-order valence-corrected chi connectivity index (χ3v) is 3.31. The van der Waals surface area contributed by atoms with Crippen LogP contribution in [0.3, 0.4) is 0 Å². The maximum Gasteiger partial charge on any atom is 0.127 e. The summed E-state index contributed by atoms with van der Waals surface area (Å²) in [4.78, 5) is 4.04. The molecule has 1 aromatic carbocycles. The van der Waals surface area contributed by atoms with Gasteiger partial charge in [-0.15, -0.1) is 0 Å². The first-order chi connectivity index (χ1) is 9.11. The Labute approximate surface area is 116 Å². The molecule has 19 heavy (non-hydrogen) atoms. The maximum atomic E-state index is 13.8. The van der Waals surface area contributed by atoms with Crippen LogP contribution < -0.4 is 11.3 Å². The fourth-order valence-electron chi connectivity index (χ4n) is 2.04. The minimum atomic E-state index is -0.320. The molecule has 3 N–H and O–H groups in total. The first-order valence-electron chi connectivity index (χ1n) is 5.92. The highest BCUT2D eigenvalue weighted by Gasteiger charge is 2.15.